The standard InChI is InChI=1S/C21H26ClNO2.C2H6/c1-5-8-16-10-7-11-19(22)21(16)17(9-6-2)12-15(3)18(14-23-4)13-20(24)25;1-2/h6-7,9-12,14H,5,8,13H2,1-4H3,(H,24,25);1-2H3/b9-6-,17-12+,18-15+,23-14?;. The van der Waals surface area contributed by atoms with Crippen LogP contribution in [0.15, 0.2) is 52.6 Å². The minimum absolute atomic E-state index is 0.0624. The van der Waals surface area contributed by atoms with Gasteiger partial charge in [0.1, 0.15) is 0 Å². The molecule has 0 fully saturated rings. The van der Waals surface area contributed by atoms with Gasteiger partial charge in [0, 0.05) is 23.8 Å². The molecule has 0 amide bonds. The lowest BCUT2D eigenvalue weighted by Gasteiger charge is -2.13. The number of carbonyl (C=O) groups is 1. The zero-order valence-electron chi connectivity index (χ0n) is 17.3. The van der Waals surface area contributed by atoms with Crippen molar-refractivity contribution in [3.05, 3.63) is 63.7 Å². The maximum absolute atomic E-state index is 11.1. The Morgan fingerprint density at radius 1 is 1.30 bits per heavy atom. The molecule has 0 aliphatic heterocycles. The fraction of sp³-hybridized carbons (Fsp3) is 0.391. The van der Waals surface area contributed by atoms with E-state index in [0.29, 0.717) is 10.6 Å². The third kappa shape index (κ3) is 8.40. The van der Waals surface area contributed by atoms with Crippen LogP contribution in [-0.2, 0) is 11.2 Å². The summed E-state index contributed by atoms with van der Waals surface area (Å²) in [6, 6.07) is 5.94. The fourth-order valence-corrected chi connectivity index (χ4v) is 2.99. The van der Waals surface area contributed by atoms with Crippen LogP contribution in [-0.4, -0.2) is 24.3 Å². The number of aliphatic carboxylic acids is 1. The van der Waals surface area contributed by atoms with Crippen LogP contribution in [0.25, 0.3) is 5.57 Å². The lowest BCUT2D eigenvalue weighted by atomic mass is 9.94. The van der Waals surface area contributed by atoms with Crippen LogP contribution >= 0.6 is 11.6 Å². The number of benzene rings is 1. The van der Waals surface area contributed by atoms with E-state index in [1.807, 2.05) is 58.1 Å². The first-order valence-electron chi connectivity index (χ1n) is 9.40. The quantitative estimate of drug-likeness (QED) is 0.394. The Morgan fingerprint density at radius 2 is 1.96 bits per heavy atom. The average molecular weight is 390 g/mol. The number of hydrogen-bond acceptors (Lipinski definition) is 2. The van der Waals surface area contributed by atoms with Crippen molar-refractivity contribution in [1.29, 1.82) is 0 Å². The van der Waals surface area contributed by atoms with Crippen molar-refractivity contribution in [2.75, 3.05) is 7.05 Å². The molecule has 0 atom stereocenters. The Morgan fingerprint density at radius 3 is 2.48 bits per heavy atom. The van der Waals surface area contributed by atoms with Crippen LogP contribution in [0.5, 0.6) is 0 Å². The number of carboxylic acids is 1. The summed E-state index contributed by atoms with van der Waals surface area (Å²) in [5, 5.41) is 9.82. The topological polar surface area (TPSA) is 49.7 Å². The second kappa shape index (κ2) is 14.0. The molecule has 1 aromatic rings. The number of carboxylic acid groups (broad SMARTS) is 1. The summed E-state index contributed by atoms with van der Waals surface area (Å²) < 4.78 is 0. The average Bonchev–Trinajstić information content (AvgIpc) is 2.63. The Bertz CT molecular complexity index is 728. The monoisotopic (exact) mass is 389 g/mol. The van der Waals surface area contributed by atoms with Gasteiger partial charge in [0.15, 0.2) is 0 Å². The smallest absolute Gasteiger partial charge is 0.307 e. The van der Waals surface area contributed by atoms with Gasteiger partial charge in [-0.3, -0.25) is 9.79 Å². The van der Waals surface area contributed by atoms with E-state index in [2.05, 4.69) is 18.0 Å². The van der Waals surface area contributed by atoms with E-state index < -0.39 is 5.97 Å². The summed E-state index contributed by atoms with van der Waals surface area (Å²) in [6.07, 6.45) is 9.46. The van der Waals surface area contributed by atoms with Crippen LogP contribution in [0.1, 0.15) is 58.6 Å². The van der Waals surface area contributed by atoms with Crippen molar-refractivity contribution in [1.82, 2.24) is 0 Å². The molecule has 3 nitrogen and oxygen atoms in total. The number of halogens is 1. The Kier molecular flexibility index (Phi) is 12.9. The molecule has 0 radical (unpaired) electrons. The molecular weight excluding hydrogens is 358 g/mol. The maximum Gasteiger partial charge on any atom is 0.307 e. The fourth-order valence-electron chi connectivity index (χ4n) is 2.68. The van der Waals surface area contributed by atoms with Crippen LogP contribution in [0.3, 0.4) is 0 Å². The molecule has 0 spiro atoms. The predicted octanol–water partition coefficient (Wildman–Crippen LogP) is 6.77. The Labute approximate surface area is 169 Å². The van der Waals surface area contributed by atoms with Crippen LogP contribution in [0, 0.1) is 0 Å². The van der Waals surface area contributed by atoms with Gasteiger partial charge in [0.2, 0.25) is 0 Å². The number of hydrogen-bond donors (Lipinski definition) is 1. The highest BCUT2D eigenvalue weighted by Crippen LogP contribution is 2.31. The first kappa shape index (κ1) is 24.9. The van der Waals surface area contributed by atoms with Crippen molar-refractivity contribution < 1.29 is 9.90 Å². The highest BCUT2D eigenvalue weighted by molar-refractivity contribution is 6.32. The normalized spacial score (nSPS) is 12.8. The SMILES string of the molecule is CC.C\C=C/C(=C\C(C)=C(\C=NC)CC(=O)O)c1c(Cl)cccc1CCC. The van der Waals surface area contributed by atoms with E-state index in [-0.39, 0.29) is 6.42 Å². The Hall–Kier alpha value is -2.13. The van der Waals surface area contributed by atoms with Gasteiger partial charge in [-0.15, -0.1) is 0 Å². The molecule has 0 aliphatic carbocycles. The number of nitrogens with zero attached hydrogens (tertiary/aromatic N) is 1. The van der Waals surface area contributed by atoms with Crippen LogP contribution in [0.4, 0.5) is 0 Å². The van der Waals surface area contributed by atoms with Gasteiger partial charge in [-0.2, -0.15) is 0 Å². The van der Waals surface area contributed by atoms with Gasteiger partial charge in [-0.25, -0.2) is 0 Å². The lowest BCUT2D eigenvalue weighted by molar-refractivity contribution is -0.136. The molecule has 0 saturated carbocycles. The van der Waals surface area contributed by atoms with E-state index in [0.717, 1.165) is 29.6 Å². The van der Waals surface area contributed by atoms with Gasteiger partial charge < -0.3 is 5.11 Å². The summed E-state index contributed by atoms with van der Waals surface area (Å²) >= 11 is 6.49. The second-order valence-corrected chi connectivity index (χ2v) is 6.20. The van der Waals surface area contributed by atoms with Crippen LogP contribution in [0.2, 0.25) is 5.02 Å². The summed E-state index contributed by atoms with van der Waals surface area (Å²) in [7, 11) is 1.64. The third-order valence-electron chi connectivity index (χ3n) is 3.76. The third-order valence-corrected chi connectivity index (χ3v) is 4.07. The summed E-state index contributed by atoms with van der Waals surface area (Å²) in [5.41, 5.74) is 4.72. The van der Waals surface area contributed by atoms with E-state index in [4.69, 9.17) is 16.7 Å². The zero-order chi connectivity index (χ0) is 20.8. The second-order valence-electron chi connectivity index (χ2n) is 5.79. The van der Waals surface area contributed by atoms with Crippen molar-refractivity contribution >= 4 is 29.4 Å². The van der Waals surface area contributed by atoms with Gasteiger partial charge in [0.05, 0.1) is 6.42 Å². The molecule has 1 aromatic carbocycles. The minimum atomic E-state index is -0.875. The minimum Gasteiger partial charge on any atom is -0.481 e. The highest BCUT2D eigenvalue weighted by Gasteiger charge is 2.11. The first-order chi connectivity index (χ1) is 12.9. The highest BCUT2D eigenvalue weighted by atomic mass is 35.5. The molecule has 27 heavy (non-hydrogen) atoms. The molecule has 0 heterocycles. The zero-order valence-corrected chi connectivity index (χ0v) is 18.1. The largest absolute Gasteiger partial charge is 0.481 e. The molecule has 0 bridgehead atoms. The molecule has 4 heteroatoms. The maximum atomic E-state index is 11.1. The first-order valence-corrected chi connectivity index (χ1v) is 9.78. The molecule has 1 N–H and O–H groups in total. The van der Waals surface area contributed by atoms with Crippen molar-refractivity contribution in [3.8, 4) is 0 Å². The summed E-state index contributed by atoms with van der Waals surface area (Å²) in [4.78, 5) is 15.1. The number of aliphatic imine (C=N–C) groups is 1. The van der Waals surface area contributed by atoms with E-state index in [9.17, 15) is 4.79 Å². The molecular formula is C23H32ClNO2. The van der Waals surface area contributed by atoms with Crippen molar-refractivity contribution in [3.63, 3.8) is 0 Å². The Balaban J connectivity index is 0.00000326. The van der Waals surface area contributed by atoms with E-state index in [1.54, 1.807) is 13.3 Å². The predicted molar refractivity (Wildman–Crippen MR) is 119 cm³/mol. The molecule has 1 rings (SSSR count). The number of allylic oxidation sites excluding steroid dienone is 5. The summed E-state index contributed by atoms with van der Waals surface area (Å²) in [6.45, 7) is 9.99. The number of rotatable bonds is 8. The molecule has 0 aromatic heterocycles. The van der Waals surface area contributed by atoms with E-state index >= 15 is 0 Å². The molecule has 0 saturated heterocycles. The summed E-state index contributed by atoms with van der Waals surface area (Å²) in [5.74, 6) is -0.875. The van der Waals surface area contributed by atoms with Crippen molar-refractivity contribution in [2.45, 2.75) is 53.9 Å². The molecule has 0 aliphatic rings. The molecule has 0 unspecified atom stereocenters. The van der Waals surface area contributed by atoms with Crippen molar-refractivity contribution in [2.24, 2.45) is 4.99 Å². The van der Waals surface area contributed by atoms with Gasteiger partial charge >= 0.3 is 5.97 Å². The molecule has 148 valence electrons. The van der Waals surface area contributed by atoms with E-state index in [1.165, 1.54) is 5.56 Å². The van der Waals surface area contributed by atoms with Gasteiger partial charge in [0.25, 0.3) is 0 Å². The van der Waals surface area contributed by atoms with Gasteiger partial charge in [-0.1, -0.05) is 69.2 Å². The van der Waals surface area contributed by atoms with Crippen LogP contribution < -0.4 is 0 Å². The lowest BCUT2D eigenvalue weighted by Crippen LogP contribution is -2.01. The number of aryl methyl sites for hydroxylation is 1. The van der Waals surface area contributed by atoms with Gasteiger partial charge in [-0.05, 0) is 48.6 Å².